The lowest BCUT2D eigenvalue weighted by atomic mass is 9.98. The summed E-state index contributed by atoms with van der Waals surface area (Å²) in [5.41, 5.74) is 2.74. The maximum Gasteiger partial charge on any atom is 0.119 e. The molecule has 0 amide bonds. The van der Waals surface area contributed by atoms with Gasteiger partial charge in [-0.1, -0.05) is 19.9 Å². The molecule has 1 unspecified atom stereocenters. The van der Waals surface area contributed by atoms with Crippen LogP contribution in [0.3, 0.4) is 0 Å². The minimum atomic E-state index is 0.575. The van der Waals surface area contributed by atoms with Gasteiger partial charge < -0.3 is 10.1 Å². The third-order valence-electron chi connectivity index (χ3n) is 3.99. The number of piperazine rings is 1. The molecule has 0 bridgehead atoms. The van der Waals surface area contributed by atoms with E-state index >= 15 is 0 Å². The highest BCUT2D eigenvalue weighted by atomic mass is 16.5. The zero-order valence-electron chi connectivity index (χ0n) is 13.3. The number of ether oxygens (including phenoxy) is 1. The van der Waals surface area contributed by atoms with Gasteiger partial charge in [-0.05, 0) is 43.0 Å². The molecule has 1 atom stereocenters. The molecule has 3 nitrogen and oxygen atoms in total. The molecule has 0 aromatic heterocycles. The number of rotatable bonds is 5. The smallest absolute Gasteiger partial charge is 0.119 e. The first-order valence-electron chi connectivity index (χ1n) is 7.75. The van der Waals surface area contributed by atoms with Crippen LogP contribution in [0.4, 0.5) is 0 Å². The SMILES string of the molecule is Cc1cc(OCCN2CCNC(C)C2)ccc1C(C)C. The van der Waals surface area contributed by atoms with E-state index in [9.17, 15) is 0 Å². The number of hydrogen-bond donors (Lipinski definition) is 1. The monoisotopic (exact) mass is 276 g/mol. The fraction of sp³-hybridized carbons (Fsp3) is 0.647. The van der Waals surface area contributed by atoms with Crippen molar-refractivity contribution in [3.05, 3.63) is 29.3 Å². The topological polar surface area (TPSA) is 24.5 Å². The van der Waals surface area contributed by atoms with E-state index in [1.165, 1.54) is 11.1 Å². The molecule has 0 spiro atoms. The summed E-state index contributed by atoms with van der Waals surface area (Å²) >= 11 is 0. The van der Waals surface area contributed by atoms with Gasteiger partial charge in [-0.2, -0.15) is 0 Å². The van der Waals surface area contributed by atoms with Gasteiger partial charge >= 0.3 is 0 Å². The summed E-state index contributed by atoms with van der Waals surface area (Å²) in [7, 11) is 0. The van der Waals surface area contributed by atoms with Gasteiger partial charge in [0, 0.05) is 32.2 Å². The molecule has 20 heavy (non-hydrogen) atoms. The van der Waals surface area contributed by atoms with Crippen molar-refractivity contribution in [2.75, 3.05) is 32.8 Å². The van der Waals surface area contributed by atoms with Crippen LogP contribution in [0.2, 0.25) is 0 Å². The minimum absolute atomic E-state index is 0.575. The Labute approximate surface area is 123 Å². The van der Waals surface area contributed by atoms with Gasteiger partial charge in [-0.3, -0.25) is 4.90 Å². The molecule has 1 aliphatic rings. The van der Waals surface area contributed by atoms with E-state index in [2.05, 4.69) is 56.1 Å². The average Bonchev–Trinajstić information content (AvgIpc) is 2.38. The molecule has 1 aliphatic heterocycles. The fourth-order valence-corrected chi connectivity index (χ4v) is 2.89. The number of nitrogens with one attached hydrogen (secondary N) is 1. The summed E-state index contributed by atoms with van der Waals surface area (Å²) in [6.45, 7) is 14.0. The quantitative estimate of drug-likeness (QED) is 0.895. The van der Waals surface area contributed by atoms with Crippen LogP contribution in [0.25, 0.3) is 0 Å². The summed E-state index contributed by atoms with van der Waals surface area (Å²) < 4.78 is 5.90. The van der Waals surface area contributed by atoms with E-state index < -0.39 is 0 Å². The molecule has 0 radical (unpaired) electrons. The summed E-state index contributed by atoms with van der Waals surface area (Å²) in [5.74, 6) is 1.57. The van der Waals surface area contributed by atoms with Crippen molar-refractivity contribution >= 4 is 0 Å². The molecule has 1 N–H and O–H groups in total. The number of nitrogens with zero attached hydrogens (tertiary/aromatic N) is 1. The first-order valence-corrected chi connectivity index (χ1v) is 7.75. The van der Waals surface area contributed by atoms with E-state index in [1.54, 1.807) is 0 Å². The van der Waals surface area contributed by atoms with Crippen LogP contribution in [0.5, 0.6) is 5.75 Å². The molecule has 1 heterocycles. The Bertz CT molecular complexity index is 431. The van der Waals surface area contributed by atoms with Crippen LogP contribution in [0.15, 0.2) is 18.2 Å². The number of benzene rings is 1. The normalized spacial score (nSPS) is 20.4. The Balaban J connectivity index is 1.80. The average molecular weight is 276 g/mol. The fourth-order valence-electron chi connectivity index (χ4n) is 2.89. The van der Waals surface area contributed by atoms with Crippen molar-refractivity contribution in [2.45, 2.75) is 39.7 Å². The molecule has 3 heteroatoms. The van der Waals surface area contributed by atoms with Gasteiger partial charge in [-0.15, -0.1) is 0 Å². The molecule has 1 aromatic rings. The Morgan fingerprint density at radius 3 is 2.85 bits per heavy atom. The van der Waals surface area contributed by atoms with Crippen LogP contribution in [-0.2, 0) is 0 Å². The van der Waals surface area contributed by atoms with Gasteiger partial charge in [0.15, 0.2) is 0 Å². The maximum absolute atomic E-state index is 5.90. The van der Waals surface area contributed by atoms with Crippen LogP contribution in [0.1, 0.15) is 37.8 Å². The first-order chi connectivity index (χ1) is 9.56. The summed E-state index contributed by atoms with van der Waals surface area (Å²) in [5, 5.41) is 3.46. The minimum Gasteiger partial charge on any atom is -0.492 e. The molecule has 0 aliphatic carbocycles. The molecular formula is C17H28N2O. The van der Waals surface area contributed by atoms with E-state index in [1.807, 2.05) is 0 Å². The molecular weight excluding hydrogens is 248 g/mol. The van der Waals surface area contributed by atoms with Crippen molar-refractivity contribution in [1.82, 2.24) is 10.2 Å². The summed E-state index contributed by atoms with van der Waals surface area (Å²) in [6.07, 6.45) is 0. The molecule has 0 saturated carbocycles. The van der Waals surface area contributed by atoms with Crippen molar-refractivity contribution < 1.29 is 4.74 Å². The van der Waals surface area contributed by atoms with Crippen LogP contribution in [0, 0.1) is 6.92 Å². The number of hydrogen-bond acceptors (Lipinski definition) is 3. The molecule has 1 aromatic carbocycles. The van der Waals surface area contributed by atoms with E-state index in [4.69, 9.17) is 4.74 Å². The Kier molecular flexibility index (Phi) is 5.44. The molecule has 1 fully saturated rings. The van der Waals surface area contributed by atoms with Gasteiger partial charge in [0.05, 0.1) is 0 Å². The third kappa shape index (κ3) is 4.22. The molecule has 112 valence electrons. The lowest BCUT2D eigenvalue weighted by Crippen LogP contribution is -2.50. The predicted octanol–water partition coefficient (Wildman–Crippen LogP) is 2.79. The highest BCUT2D eigenvalue weighted by Crippen LogP contribution is 2.23. The largest absolute Gasteiger partial charge is 0.492 e. The highest BCUT2D eigenvalue weighted by molar-refractivity contribution is 5.36. The van der Waals surface area contributed by atoms with E-state index in [0.717, 1.165) is 38.5 Å². The second kappa shape index (κ2) is 7.09. The van der Waals surface area contributed by atoms with Crippen molar-refractivity contribution in [3.8, 4) is 5.75 Å². The lowest BCUT2D eigenvalue weighted by molar-refractivity contribution is 0.170. The van der Waals surface area contributed by atoms with Crippen molar-refractivity contribution in [2.24, 2.45) is 0 Å². The van der Waals surface area contributed by atoms with Crippen LogP contribution in [-0.4, -0.2) is 43.7 Å². The van der Waals surface area contributed by atoms with Gasteiger partial charge in [-0.25, -0.2) is 0 Å². The molecule has 1 saturated heterocycles. The van der Waals surface area contributed by atoms with Gasteiger partial charge in [0.2, 0.25) is 0 Å². The highest BCUT2D eigenvalue weighted by Gasteiger charge is 2.14. The summed E-state index contributed by atoms with van der Waals surface area (Å²) in [6, 6.07) is 7.05. The van der Waals surface area contributed by atoms with E-state index in [-0.39, 0.29) is 0 Å². The zero-order chi connectivity index (χ0) is 14.5. The second-order valence-corrected chi connectivity index (χ2v) is 6.18. The summed E-state index contributed by atoms with van der Waals surface area (Å²) in [4.78, 5) is 2.47. The van der Waals surface area contributed by atoms with E-state index in [0.29, 0.717) is 12.0 Å². The molecule has 2 rings (SSSR count). The van der Waals surface area contributed by atoms with Crippen molar-refractivity contribution in [3.63, 3.8) is 0 Å². The predicted molar refractivity (Wildman–Crippen MR) is 84.7 cm³/mol. The Morgan fingerprint density at radius 1 is 1.40 bits per heavy atom. The maximum atomic E-state index is 5.90. The lowest BCUT2D eigenvalue weighted by Gasteiger charge is -2.31. The number of aryl methyl sites for hydroxylation is 1. The second-order valence-electron chi connectivity index (χ2n) is 6.18. The van der Waals surface area contributed by atoms with Crippen LogP contribution < -0.4 is 10.1 Å². The van der Waals surface area contributed by atoms with Crippen LogP contribution >= 0.6 is 0 Å². The van der Waals surface area contributed by atoms with Crippen molar-refractivity contribution in [1.29, 1.82) is 0 Å². The first kappa shape index (κ1) is 15.3. The van der Waals surface area contributed by atoms with Gasteiger partial charge in [0.1, 0.15) is 12.4 Å². The van der Waals surface area contributed by atoms with Gasteiger partial charge in [0.25, 0.3) is 0 Å². The standard InChI is InChI=1S/C17H28N2O/c1-13(2)17-6-5-16(11-14(17)3)20-10-9-19-8-7-18-15(4)12-19/h5-6,11,13,15,18H,7-10,12H2,1-4H3. The Morgan fingerprint density at radius 2 is 2.20 bits per heavy atom. The Hall–Kier alpha value is -1.06. The zero-order valence-corrected chi connectivity index (χ0v) is 13.3. The third-order valence-corrected chi connectivity index (χ3v) is 3.99.